The first-order valence-corrected chi connectivity index (χ1v) is 7.09. The van der Waals surface area contributed by atoms with Crippen LogP contribution in [0.4, 0.5) is 5.69 Å². The molecule has 0 saturated carbocycles. The Morgan fingerprint density at radius 1 is 1.17 bits per heavy atom. The quantitative estimate of drug-likeness (QED) is 0.675. The van der Waals surface area contributed by atoms with Gasteiger partial charge >= 0.3 is 0 Å². The smallest absolute Gasteiger partial charge is 0.162 e. The number of Topliss-reactive ketones (excluding diaryl/α,β-unsaturated/α-hetero) is 1. The topological polar surface area (TPSA) is 20.3 Å². The average Bonchev–Trinajstić information content (AvgIpc) is 2.37. The molecule has 0 aliphatic heterocycles. The Kier molecular flexibility index (Phi) is 6.20. The van der Waals surface area contributed by atoms with Crippen LogP contribution in [0.3, 0.4) is 0 Å². The van der Waals surface area contributed by atoms with Gasteiger partial charge in [-0.05, 0) is 31.0 Å². The second-order valence-corrected chi connectivity index (χ2v) is 4.84. The summed E-state index contributed by atoms with van der Waals surface area (Å²) >= 11 is 6.30. The summed E-state index contributed by atoms with van der Waals surface area (Å²) in [6.07, 6.45) is 2.70. The Balaban J connectivity index is 2.98. The molecule has 1 aromatic rings. The van der Waals surface area contributed by atoms with E-state index in [1.807, 2.05) is 19.1 Å². The zero-order chi connectivity index (χ0) is 13.5. The second kappa shape index (κ2) is 7.42. The van der Waals surface area contributed by atoms with Crippen LogP contribution in [-0.4, -0.2) is 18.9 Å². The van der Waals surface area contributed by atoms with Gasteiger partial charge in [-0.15, -0.1) is 0 Å². The Labute approximate surface area is 115 Å². The second-order valence-electron chi connectivity index (χ2n) is 4.43. The minimum Gasteiger partial charge on any atom is -0.370 e. The third-order valence-corrected chi connectivity index (χ3v) is 3.22. The number of hydrogen-bond donors (Lipinski definition) is 0. The van der Waals surface area contributed by atoms with Crippen LogP contribution in [0.2, 0.25) is 5.02 Å². The highest BCUT2D eigenvalue weighted by Gasteiger charge is 2.11. The summed E-state index contributed by atoms with van der Waals surface area (Å²) in [5, 5.41) is 0.677. The number of nitrogens with zero attached hydrogens (tertiary/aromatic N) is 1. The van der Waals surface area contributed by atoms with Gasteiger partial charge in [0.25, 0.3) is 0 Å². The molecule has 0 spiro atoms. The van der Waals surface area contributed by atoms with Gasteiger partial charge in [0, 0.05) is 25.1 Å². The van der Waals surface area contributed by atoms with E-state index in [4.69, 9.17) is 11.6 Å². The van der Waals surface area contributed by atoms with Gasteiger partial charge < -0.3 is 4.90 Å². The van der Waals surface area contributed by atoms with E-state index < -0.39 is 0 Å². The molecule has 0 aromatic heterocycles. The van der Waals surface area contributed by atoms with E-state index in [1.165, 1.54) is 0 Å². The fourth-order valence-corrected chi connectivity index (χ4v) is 2.33. The molecule has 0 atom stereocenters. The lowest BCUT2D eigenvalue weighted by molar-refractivity contribution is 0.0988. The molecule has 1 aromatic carbocycles. The van der Waals surface area contributed by atoms with E-state index in [1.54, 1.807) is 6.07 Å². The Bertz CT molecular complexity index is 397. The molecular formula is C15H22ClNO. The number of halogens is 1. The molecule has 0 N–H and O–H groups in total. The molecule has 0 bridgehead atoms. The number of hydrogen-bond acceptors (Lipinski definition) is 2. The number of carbonyl (C=O) groups is 1. The first-order chi connectivity index (χ1) is 8.63. The number of benzene rings is 1. The van der Waals surface area contributed by atoms with Gasteiger partial charge in [0.15, 0.2) is 5.78 Å². The SMILES string of the molecule is CCCN(CCC)c1ccc(C(=O)CC)cc1Cl. The van der Waals surface area contributed by atoms with Crippen LogP contribution in [-0.2, 0) is 0 Å². The number of rotatable bonds is 7. The van der Waals surface area contributed by atoms with Gasteiger partial charge in [-0.1, -0.05) is 32.4 Å². The summed E-state index contributed by atoms with van der Waals surface area (Å²) in [6.45, 7) is 8.17. The molecule has 100 valence electrons. The van der Waals surface area contributed by atoms with Crippen molar-refractivity contribution in [3.63, 3.8) is 0 Å². The maximum Gasteiger partial charge on any atom is 0.162 e. The standard InChI is InChI=1S/C15H22ClNO/c1-4-9-17(10-5-2)14-8-7-12(11-13(14)16)15(18)6-3/h7-8,11H,4-6,9-10H2,1-3H3. The minimum absolute atomic E-state index is 0.140. The van der Waals surface area contributed by atoms with E-state index in [-0.39, 0.29) is 5.78 Å². The molecule has 3 heteroatoms. The molecule has 0 fully saturated rings. The molecule has 0 unspecified atom stereocenters. The number of carbonyl (C=O) groups excluding carboxylic acids is 1. The third kappa shape index (κ3) is 3.74. The maximum atomic E-state index is 11.6. The molecule has 1 rings (SSSR count). The highest BCUT2D eigenvalue weighted by atomic mass is 35.5. The van der Waals surface area contributed by atoms with E-state index in [0.29, 0.717) is 17.0 Å². The predicted molar refractivity (Wildman–Crippen MR) is 78.9 cm³/mol. The van der Waals surface area contributed by atoms with Gasteiger partial charge in [-0.2, -0.15) is 0 Å². The monoisotopic (exact) mass is 267 g/mol. The minimum atomic E-state index is 0.140. The van der Waals surface area contributed by atoms with Gasteiger partial charge in [-0.3, -0.25) is 4.79 Å². The van der Waals surface area contributed by atoms with Crippen molar-refractivity contribution in [2.75, 3.05) is 18.0 Å². The lowest BCUT2D eigenvalue weighted by atomic mass is 10.1. The van der Waals surface area contributed by atoms with Gasteiger partial charge in [0.2, 0.25) is 0 Å². The first-order valence-electron chi connectivity index (χ1n) is 6.71. The Hall–Kier alpha value is -1.02. The summed E-state index contributed by atoms with van der Waals surface area (Å²) in [7, 11) is 0. The van der Waals surface area contributed by atoms with Crippen molar-refractivity contribution < 1.29 is 4.79 Å². The number of ketones is 1. The summed E-state index contributed by atoms with van der Waals surface area (Å²) in [4.78, 5) is 13.9. The molecule has 0 radical (unpaired) electrons. The highest BCUT2D eigenvalue weighted by Crippen LogP contribution is 2.27. The summed E-state index contributed by atoms with van der Waals surface area (Å²) in [6, 6.07) is 5.64. The van der Waals surface area contributed by atoms with E-state index in [2.05, 4.69) is 18.7 Å². The van der Waals surface area contributed by atoms with Crippen LogP contribution in [0.1, 0.15) is 50.4 Å². The van der Waals surface area contributed by atoms with Crippen molar-refractivity contribution in [1.29, 1.82) is 0 Å². The van der Waals surface area contributed by atoms with Crippen molar-refractivity contribution in [3.05, 3.63) is 28.8 Å². The van der Waals surface area contributed by atoms with Gasteiger partial charge in [0.05, 0.1) is 10.7 Å². The van der Waals surface area contributed by atoms with Crippen LogP contribution in [0.15, 0.2) is 18.2 Å². The van der Waals surface area contributed by atoms with Crippen molar-refractivity contribution in [3.8, 4) is 0 Å². The van der Waals surface area contributed by atoms with Crippen LogP contribution in [0.25, 0.3) is 0 Å². The van der Waals surface area contributed by atoms with Crippen molar-refractivity contribution in [1.82, 2.24) is 0 Å². The first kappa shape index (κ1) is 15.0. The molecular weight excluding hydrogens is 246 g/mol. The lowest BCUT2D eigenvalue weighted by Crippen LogP contribution is -2.25. The van der Waals surface area contributed by atoms with Crippen LogP contribution >= 0.6 is 11.6 Å². The largest absolute Gasteiger partial charge is 0.370 e. The third-order valence-electron chi connectivity index (χ3n) is 2.92. The van der Waals surface area contributed by atoms with Crippen molar-refractivity contribution in [2.45, 2.75) is 40.0 Å². The summed E-state index contributed by atoms with van der Waals surface area (Å²) in [5.41, 5.74) is 1.74. The maximum absolute atomic E-state index is 11.6. The normalized spacial score (nSPS) is 10.4. The van der Waals surface area contributed by atoms with E-state index in [9.17, 15) is 4.79 Å². The Morgan fingerprint density at radius 3 is 2.22 bits per heavy atom. The molecule has 2 nitrogen and oxygen atoms in total. The zero-order valence-corrected chi connectivity index (χ0v) is 12.3. The van der Waals surface area contributed by atoms with Crippen LogP contribution < -0.4 is 4.90 Å². The molecule has 0 heterocycles. The number of anilines is 1. The predicted octanol–water partition coefficient (Wildman–Crippen LogP) is 4.56. The Morgan fingerprint density at radius 2 is 1.78 bits per heavy atom. The molecule has 0 aliphatic rings. The van der Waals surface area contributed by atoms with Gasteiger partial charge in [0.1, 0.15) is 0 Å². The van der Waals surface area contributed by atoms with Crippen LogP contribution in [0, 0.1) is 0 Å². The molecule has 18 heavy (non-hydrogen) atoms. The van der Waals surface area contributed by atoms with Crippen LogP contribution in [0.5, 0.6) is 0 Å². The lowest BCUT2D eigenvalue weighted by Gasteiger charge is -2.25. The van der Waals surface area contributed by atoms with Crippen molar-refractivity contribution in [2.24, 2.45) is 0 Å². The molecule has 0 aliphatic carbocycles. The molecule has 0 amide bonds. The van der Waals surface area contributed by atoms with E-state index >= 15 is 0 Å². The zero-order valence-electron chi connectivity index (χ0n) is 11.5. The average molecular weight is 268 g/mol. The molecule has 0 saturated heterocycles. The summed E-state index contributed by atoms with van der Waals surface area (Å²) in [5.74, 6) is 0.140. The van der Waals surface area contributed by atoms with Crippen molar-refractivity contribution >= 4 is 23.1 Å². The van der Waals surface area contributed by atoms with Gasteiger partial charge in [-0.25, -0.2) is 0 Å². The fourth-order valence-electron chi connectivity index (χ4n) is 2.03. The fraction of sp³-hybridized carbons (Fsp3) is 0.533. The van der Waals surface area contributed by atoms with E-state index in [0.717, 1.165) is 31.6 Å². The highest BCUT2D eigenvalue weighted by molar-refractivity contribution is 6.33. The summed E-state index contributed by atoms with van der Waals surface area (Å²) < 4.78 is 0.